The standard InChI is InChI=1S/C20H21N3O2/c1-20(2)16-9-4-5-10-17(16)23(3)18(20)11-12-21-22-19(25)14-7-6-8-15(24)13-14/h4-13,24H,1-3H3,(H,22,25)/b18-11-,21-12-. The van der Waals surface area contributed by atoms with Gasteiger partial charge in [0.1, 0.15) is 5.75 Å². The van der Waals surface area contributed by atoms with Gasteiger partial charge in [0, 0.05) is 35.6 Å². The summed E-state index contributed by atoms with van der Waals surface area (Å²) in [4.78, 5) is 14.1. The molecule has 1 amide bonds. The number of aromatic hydroxyl groups is 1. The van der Waals surface area contributed by atoms with E-state index in [0.717, 1.165) is 5.70 Å². The molecule has 2 aromatic rings. The number of para-hydroxylation sites is 1. The molecule has 0 spiro atoms. The Hall–Kier alpha value is -3.08. The maximum atomic E-state index is 12.0. The largest absolute Gasteiger partial charge is 0.508 e. The molecule has 0 bridgehead atoms. The summed E-state index contributed by atoms with van der Waals surface area (Å²) in [6.07, 6.45) is 3.49. The van der Waals surface area contributed by atoms with Crippen LogP contribution in [0.3, 0.4) is 0 Å². The lowest BCUT2D eigenvalue weighted by Gasteiger charge is -2.23. The fourth-order valence-electron chi connectivity index (χ4n) is 3.22. The zero-order valence-electron chi connectivity index (χ0n) is 14.5. The van der Waals surface area contributed by atoms with Gasteiger partial charge in [-0.2, -0.15) is 5.10 Å². The number of rotatable bonds is 3. The van der Waals surface area contributed by atoms with Crippen molar-refractivity contribution in [2.24, 2.45) is 5.10 Å². The fourth-order valence-corrected chi connectivity index (χ4v) is 3.22. The fraction of sp³-hybridized carbons (Fsp3) is 0.200. The van der Waals surface area contributed by atoms with Crippen molar-refractivity contribution in [2.45, 2.75) is 19.3 Å². The van der Waals surface area contributed by atoms with Gasteiger partial charge in [0.05, 0.1) is 0 Å². The van der Waals surface area contributed by atoms with Gasteiger partial charge in [0.15, 0.2) is 0 Å². The number of benzene rings is 2. The number of fused-ring (bicyclic) bond motifs is 1. The number of hydrazone groups is 1. The third-order valence-electron chi connectivity index (χ3n) is 4.52. The lowest BCUT2D eigenvalue weighted by Crippen LogP contribution is -2.23. The molecule has 0 radical (unpaired) electrons. The number of carbonyl (C=O) groups is 1. The van der Waals surface area contributed by atoms with E-state index in [4.69, 9.17) is 0 Å². The zero-order chi connectivity index (χ0) is 18.0. The average Bonchev–Trinajstić information content (AvgIpc) is 2.79. The third-order valence-corrected chi connectivity index (χ3v) is 4.52. The normalized spacial score (nSPS) is 17.1. The molecule has 0 fully saturated rings. The van der Waals surface area contributed by atoms with Crippen LogP contribution in [0.4, 0.5) is 5.69 Å². The number of hydrogen-bond acceptors (Lipinski definition) is 4. The van der Waals surface area contributed by atoms with Crippen molar-refractivity contribution in [1.82, 2.24) is 5.43 Å². The molecule has 1 heterocycles. The van der Waals surface area contributed by atoms with E-state index in [1.54, 1.807) is 18.3 Å². The van der Waals surface area contributed by atoms with Crippen molar-refractivity contribution in [3.63, 3.8) is 0 Å². The van der Waals surface area contributed by atoms with Crippen LogP contribution in [0.1, 0.15) is 29.8 Å². The number of phenols is 1. The molecule has 3 rings (SSSR count). The number of allylic oxidation sites excluding steroid dienone is 2. The van der Waals surface area contributed by atoms with Gasteiger partial charge in [0.2, 0.25) is 0 Å². The molecule has 5 nitrogen and oxygen atoms in total. The predicted molar refractivity (Wildman–Crippen MR) is 100 cm³/mol. The minimum Gasteiger partial charge on any atom is -0.508 e. The Morgan fingerprint density at radius 2 is 1.96 bits per heavy atom. The monoisotopic (exact) mass is 335 g/mol. The summed E-state index contributed by atoms with van der Waals surface area (Å²) >= 11 is 0. The van der Waals surface area contributed by atoms with Crippen molar-refractivity contribution in [3.05, 3.63) is 71.4 Å². The summed E-state index contributed by atoms with van der Waals surface area (Å²) in [6, 6.07) is 14.4. The van der Waals surface area contributed by atoms with Crippen LogP contribution in [0.25, 0.3) is 0 Å². The molecule has 0 aliphatic carbocycles. The summed E-state index contributed by atoms with van der Waals surface area (Å²) in [5, 5.41) is 13.4. The molecule has 5 heteroatoms. The van der Waals surface area contributed by atoms with Crippen molar-refractivity contribution < 1.29 is 9.90 Å². The number of nitrogens with zero attached hydrogens (tertiary/aromatic N) is 2. The average molecular weight is 335 g/mol. The quantitative estimate of drug-likeness (QED) is 0.667. The van der Waals surface area contributed by atoms with E-state index >= 15 is 0 Å². The molecule has 2 aromatic carbocycles. The van der Waals surface area contributed by atoms with Gasteiger partial charge >= 0.3 is 0 Å². The second kappa shape index (κ2) is 6.43. The van der Waals surface area contributed by atoms with Crippen LogP contribution < -0.4 is 10.3 Å². The van der Waals surface area contributed by atoms with E-state index in [2.05, 4.69) is 41.4 Å². The van der Waals surface area contributed by atoms with Crippen LogP contribution in [0.5, 0.6) is 5.75 Å². The van der Waals surface area contributed by atoms with Crippen LogP contribution >= 0.6 is 0 Å². The molecule has 128 valence electrons. The topological polar surface area (TPSA) is 64.9 Å². The molecule has 1 aliphatic heterocycles. The van der Waals surface area contributed by atoms with E-state index < -0.39 is 0 Å². The highest BCUT2D eigenvalue weighted by molar-refractivity contribution is 5.95. The molecule has 0 saturated carbocycles. The summed E-state index contributed by atoms with van der Waals surface area (Å²) < 4.78 is 0. The maximum absolute atomic E-state index is 12.0. The third kappa shape index (κ3) is 3.13. The summed E-state index contributed by atoms with van der Waals surface area (Å²) in [5.74, 6) is -0.321. The first-order valence-electron chi connectivity index (χ1n) is 8.07. The first kappa shape index (κ1) is 16.8. The van der Waals surface area contributed by atoms with E-state index in [0.29, 0.717) is 5.56 Å². The highest BCUT2D eigenvalue weighted by atomic mass is 16.3. The molecule has 0 aromatic heterocycles. The zero-order valence-corrected chi connectivity index (χ0v) is 14.5. The molecular weight excluding hydrogens is 314 g/mol. The highest BCUT2D eigenvalue weighted by Gasteiger charge is 2.37. The minimum absolute atomic E-state index is 0.0471. The van der Waals surface area contributed by atoms with E-state index in [1.807, 2.05) is 25.3 Å². The van der Waals surface area contributed by atoms with Crippen LogP contribution in [-0.2, 0) is 5.41 Å². The Bertz CT molecular complexity index is 869. The smallest absolute Gasteiger partial charge is 0.271 e. The second-order valence-electron chi connectivity index (χ2n) is 6.52. The maximum Gasteiger partial charge on any atom is 0.271 e. The molecule has 0 atom stereocenters. The van der Waals surface area contributed by atoms with Gasteiger partial charge in [-0.1, -0.05) is 38.1 Å². The van der Waals surface area contributed by atoms with Crippen molar-refractivity contribution in [1.29, 1.82) is 0 Å². The number of phenolic OH excluding ortho intramolecular Hbond substituents is 1. The van der Waals surface area contributed by atoms with E-state index in [9.17, 15) is 9.90 Å². The highest BCUT2D eigenvalue weighted by Crippen LogP contribution is 2.46. The molecule has 0 unspecified atom stereocenters. The van der Waals surface area contributed by atoms with Gasteiger partial charge in [-0.3, -0.25) is 4.79 Å². The van der Waals surface area contributed by atoms with Gasteiger partial charge in [-0.25, -0.2) is 5.43 Å². The summed E-state index contributed by atoms with van der Waals surface area (Å²) in [6.45, 7) is 4.33. The number of nitrogens with one attached hydrogen (secondary N) is 1. The van der Waals surface area contributed by atoms with Gasteiger partial charge in [-0.15, -0.1) is 0 Å². The number of carbonyl (C=O) groups excluding carboxylic acids is 1. The SMILES string of the molecule is CN1/C(=C\C=N/NC(=O)c2cccc(O)c2)C(C)(C)c2ccccc21. The van der Waals surface area contributed by atoms with Gasteiger partial charge in [0.25, 0.3) is 5.91 Å². The molecule has 0 saturated heterocycles. The van der Waals surface area contributed by atoms with Crippen LogP contribution in [0, 0.1) is 0 Å². The van der Waals surface area contributed by atoms with Crippen molar-refractivity contribution >= 4 is 17.8 Å². The molecule has 1 aliphatic rings. The Morgan fingerprint density at radius 1 is 1.20 bits per heavy atom. The Kier molecular flexibility index (Phi) is 4.31. The van der Waals surface area contributed by atoms with Crippen LogP contribution in [0.2, 0.25) is 0 Å². The van der Waals surface area contributed by atoms with Gasteiger partial charge in [-0.05, 0) is 35.9 Å². The Balaban J connectivity index is 1.74. The Morgan fingerprint density at radius 3 is 2.68 bits per heavy atom. The molecular formula is C20H21N3O2. The number of amides is 1. The van der Waals surface area contributed by atoms with E-state index in [-0.39, 0.29) is 17.1 Å². The molecule has 2 N–H and O–H groups in total. The van der Waals surface area contributed by atoms with Crippen molar-refractivity contribution in [3.8, 4) is 5.75 Å². The summed E-state index contributed by atoms with van der Waals surface area (Å²) in [7, 11) is 2.03. The second-order valence-corrected chi connectivity index (χ2v) is 6.52. The number of hydrogen-bond donors (Lipinski definition) is 2. The number of likely N-dealkylation sites (N-methyl/N-ethyl adjacent to an activating group) is 1. The lowest BCUT2D eigenvalue weighted by atomic mass is 9.84. The summed E-state index contributed by atoms with van der Waals surface area (Å²) in [5.41, 5.74) is 6.24. The first-order chi connectivity index (χ1) is 11.9. The van der Waals surface area contributed by atoms with Crippen LogP contribution in [0.15, 0.2) is 65.4 Å². The number of anilines is 1. The Labute approximate surface area is 147 Å². The lowest BCUT2D eigenvalue weighted by molar-refractivity contribution is 0.0954. The minimum atomic E-state index is -0.368. The van der Waals surface area contributed by atoms with E-state index in [1.165, 1.54) is 23.4 Å². The first-order valence-corrected chi connectivity index (χ1v) is 8.07. The molecule has 25 heavy (non-hydrogen) atoms. The van der Waals surface area contributed by atoms with Crippen molar-refractivity contribution in [2.75, 3.05) is 11.9 Å². The predicted octanol–water partition coefficient (Wildman–Crippen LogP) is 3.42. The van der Waals surface area contributed by atoms with Gasteiger partial charge < -0.3 is 10.0 Å². The van der Waals surface area contributed by atoms with Crippen LogP contribution in [-0.4, -0.2) is 24.3 Å².